The van der Waals surface area contributed by atoms with E-state index in [4.69, 9.17) is 6.57 Å². The molecule has 0 amide bonds. The maximum Gasteiger partial charge on any atom is 0.187 e. The van der Waals surface area contributed by atoms with Gasteiger partial charge in [-0.15, -0.1) is 11.3 Å². The molecule has 19 heavy (non-hydrogen) atoms. The summed E-state index contributed by atoms with van der Waals surface area (Å²) in [7, 11) is 0. The lowest BCUT2D eigenvalue weighted by Crippen LogP contribution is -1.95. The van der Waals surface area contributed by atoms with Crippen LogP contribution in [0.15, 0.2) is 48.0 Å². The van der Waals surface area contributed by atoms with Crippen LogP contribution in [0.3, 0.4) is 0 Å². The van der Waals surface area contributed by atoms with Crippen molar-refractivity contribution in [1.82, 2.24) is 4.98 Å². The lowest BCUT2D eigenvalue weighted by atomic mass is 9.93. The Labute approximate surface area is 116 Å². The second-order valence-corrected chi connectivity index (χ2v) is 5.39. The van der Waals surface area contributed by atoms with Gasteiger partial charge in [-0.1, -0.05) is 37.3 Å². The van der Waals surface area contributed by atoms with Gasteiger partial charge in [0.2, 0.25) is 0 Å². The highest BCUT2D eigenvalue weighted by Gasteiger charge is 2.09. The van der Waals surface area contributed by atoms with Gasteiger partial charge in [0.15, 0.2) is 5.69 Å². The summed E-state index contributed by atoms with van der Waals surface area (Å²) < 4.78 is 1.22. The van der Waals surface area contributed by atoms with Gasteiger partial charge >= 0.3 is 0 Å². The van der Waals surface area contributed by atoms with Crippen molar-refractivity contribution in [3.05, 3.63) is 70.5 Å². The molecule has 1 unspecified atom stereocenters. The number of hydrogen-bond acceptors (Lipinski definition) is 2. The molecule has 1 atom stereocenters. The zero-order valence-electron chi connectivity index (χ0n) is 10.5. The molecule has 1 heterocycles. The van der Waals surface area contributed by atoms with Crippen molar-refractivity contribution in [2.45, 2.75) is 12.8 Å². The van der Waals surface area contributed by atoms with Crippen LogP contribution in [0.25, 0.3) is 15.1 Å². The summed E-state index contributed by atoms with van der Waals surface area (Å²) >= 11 is 1.67. The van der Waals surface area contributed by atoms with E-state index in [0.717, 1.165) is 5.52 Å². The monoisotopic (exact) mass is 264 g/mol. The minimum atomic E-state index is 0.325. The molecule has 3 rings (SSSR count). The second-order valence-electron chi connectivity index (χ2n) is 4.50. The van der Waals surface area contributed by atoms with Crippen molar-refractivity contribution in [3.8, 4) is 0 Å². The molecule has 2 nitrogen and oxygen atoms in total. The van der Waals surface area contributed by atoms with E-state index in [1.165, 1.54) is 15.8 Å². The van der Waals surface area contributed by atoms with Gasteiger partial charge in [0.05, 0.1) is 22.3 Å². The fourth-order valence-electron chi connectivity index (χ4n) is 2.17. The minimum Gasteiger partial charge on any atom is -0.245 e. The first-order valence-corrected chi connectivity index (χ1v) is 6.96. The van der Waals surface area contributed by atoms with E-state index in [-0.39, 0.29) is 0 Å². The summed E-state index contributed by atoms with van der Waals surface area (Å²) in [6, 6.07) is 14.2. The number of thiazole rings is 1. The first-order valence-electron chi connectivity index (χ1n) is 6.08. The summed E-state index contributed by atoms with van der Waals surface area (Å²) in [5.74, 6) is 0.325. The average Bonchev–Trinajstić information content (AvgIpc) is 2.94. The molecule has 0 N–H and O–H groups in total. The standard InChI is InChI=1S/C16H12N2S/c1-11(12-3-6-14(17-2)7-4-12)13-5-8-15-16(9-13)19-10-18-15/h3-11H,1H3. The largest absolute Gasteiger partial charge is 0.245 e. The van der Waals surface area contributed by atoms with Gasteiger partial charge < -0.3 is 0 Å². The van der Waals surface area contributed by atoms with Crippen LogP contribution in [0.2, 0.25) is 0 Å². The molecular weight excluding hydrogens is 252 g/mol. The predicted octanol–water partition coefficient (Wildman–Crippen LogP) is 5.00. The third-order valence-corrected chi connectivity index (χ3v) is 4.17. The summed E-state index contributed by atoms with van der Waals surface area (Å²) in [5.41, 5.74) is 6.14. The van der Waals surface area contributed by atoms with Crippen LogP contribution in [0.1, 0.15) is 24.0 Å². The van der Waals surface area contributed by atoms with Crippen LogP contribution in [0, 0.1) is 6.57 Å². The Morgan fingerprint density at radius 2 is 1.84 bits per heavy atom. The molecule has 3 heteroatoms. The van der Waals surface area contributed by atoms with Crippen molar-refractivity contribution in [2.24, 2.45) is 0 Å². The van der Waals surface area contributed by atoms with Crippen LogP contribution < -0.4 is 0 Å². The Kier molecular flexibility index (Phi) is 3.02. The lowest BCUT2D eigenvalue weighted by molar-refractivity contribution is 0.925. The van der Waals surface area contributed by atoms with Gasteiger partial charge in [-0.05, 0) is 23.3 Å². The SMILES string of the molecule is [C-]#[N+]c1ccc(C(C)c2ccc3ncsc3c2)cc1. The average molecular weight is 264 g/mol. The van der Waals surface area contributed by atoms with Crippen LogP contribution in [0.4, 0.5) is 5.69 Å². The minimum absolute atomic E-state index is 0.325. The molecule has 0 aliphatic carbocycles. The first kappa shape index (κ1) is 11.9. The molecule has 2 aromatic carbocycles. The highest BCUT2D eigenvalue weighted by Crippen LogP contribution is 2.29. The Hall–Kier alpha value is -2.18. The molecule has 0 saturated carbocycles. The molecule has 3 aromatic rings. The van der Waals surface area contributed by atoms with Crippen LogP contribution in [0.5, 0.6) is 0 Å². The van der Waals surface area contributed by atoms with Gasteiger partial charge in [0.1, 0.15) is 0 Å². The third kappa shape index (κ3) is 2.23. The van der Waals surface area contributed by atoms with Gasteiger partial charge in [-0.3, -0.25) is 0 Å². The number of fused-ring (bicyclic) bond motifs is 1. The Bertz CT molecular complexity index is 750. The van der Waals surface area contributed by atoms with E-state index in [0.29, 0.717) is 11.6 Å². The molecule has 0 saturated heterocycles. The van der Waals surface area contributed by atoms with Gasteiger partial charge in [-0.2, -0.15) is 0 Å². The van der Waals surface area contributed by atoms with Crippen molar-refractivity contribution in [1.29, 1.82) is 0 Å². The number of benzene rings is 2. The fourth-order valence-corrected chi connectivity index (χ4v) is 2.90. The van der Waals surface area contributed by atoms with Crippen molar-refractivity contribution in [3.63, 3.8) is 0 Å². The first-order chi connectivity index (χ1) is 9.28. The summed E-state index contributed by atoms with van der Waals surface area (Å²) in [4.78, 5) is 7.72. The van der Waals surface area contributed by atoms with E-state index >= 15 is 0 Å². The molecule has 1 aromatic heterocycles. The normalized spacial score (nSPS) is 12.2. The number of nitrogens with zero attached hydrogens (tertiary/aromatic N) is 2. The van der Waals surface area contributed by atoms with Crippen LogP contribution in [-0.4, -0.2) is 4.98 Å². The van der Waals surface area contributed by atoms with E-state index in [1.54, 1.807) is 11.3 Å². The lowest BCUT2D eigenvalue weighted by Gasteiger charge is -2.12. The number of rotatable bonds is 2. The van der Waals surface area contributed by atoms with Gasteiger partial charge in [0, 0.05) is 5.92 Å². The van der Waals surface area contributed by atoms with Crippen molar-refractivity contribution in [2.75, 3.05) is 0 Å². The summed E-state index contributed by atoms with van der Waals surface area (Å²) in [6.45, 7) is 9.17. The molecule has 0 aliphatic heterocycles. The Morgan fingerprint density at radius 1 is 1.11 bits per heavy atom. The van der Waals surface area contributed by atoms with Crippen molar-refractivity contribution >= 4 is 27.2 Å². The molecule has 0 fully saturated rings. The Morgan fingerprint density at radius 3 is 2.58 bits per heavy atom. The highest BCUT2D eigenvalue weighted by molar-refractivity contribution is 7.16. The molecule has 0 spiro atoms. The Balaban J connectivity index is 1.97. The maximum absolute atomic E-state index is 6.98. The molecular formula is C16H12N2S. The number of aromatic nitrogens is 1. The molecule has 0 aliphatic rings. The van der Waals surface area contributed by atoms with Gasteiger partial charge in [0.25, 0.3) is 0 Å². The summed E-state index contributed by atoms with van der Waals surface area (Å²) in [6.07, 6.45) is 0. The molecule has 92 valence electrons. The van der Waals surface area contributed by atoms with Crippen LogP contribution >= 0.6 is 11.3 Å². The number of hydrogen-bond donors (Lipinski definition) is 0. The third-order valence-electron chi connectivity index (χ3n) is 3.38. The smallest absolute Gasteiger partial charge is 0.187 e. The van der Waals surface area contributed by atoms with E-state index in [1.807, 2.05) is 29.8 Å². The van der Waals surface area contributed by atoms with E-state index < -0.39 is 0 Å². The second kappa shape index (κ2) is 4.83. The maximum atomic E-state index is 6.98. The fraction of sp³-hybridized carbons (Fsp3) is 0.125. The van der Waals surface area contributed by atoms with E-state index in [9.17, 15) is 0 Å². The van der Waals surface area contributed by atoms with E-state index in [2.05, 4.69) is 35.0 Å². The zero-order valence-corrected chi connectivity index (χ0v) is 11.3. The quantitative estimate of drug-likeness (QED) is 0.595. The molecule has 0 bridgehead atoms. The predicted molar refractivity (Wildman–Crippen MR) is 79.8 cm³/mol. The summed E-state index contributed by atoms with van der Waals surface area (Å²) in [5, 5.41) is 0. The van der Waals surface area contributed by atoms with Crippen molar-refractivity contribution < 1.29 is 0 Å². The van der Waals surface area contributed by atoms with Gasteiger partial charge in [-0.25, -0.2) is 9.83 Å². The zero-order chi connectivity index (χ0) is 13.2. The highest BCUT2D eigenvalue weighted by atomic mass is 32.1. The molecule has 0 radical (unpaired) electrons. The topological polar surface area (TPSA) is 17.2 Å². The van der Waals surface area contributed by atoms with Crippen LogP contribution in [-0.2, 0) is 0 Å².